The molecule has 2 amide bonds. The van der Waals surface area contributed by atoms with Crippen molar-refractivity contribution in [1.82, 2.24) is 19.3 Å². The van der Waals surface area contributed by atoms with Gasteiger partial charge in [0.05, 0.1) is 23.9 Å². The number of aromatic amines is 1. The fraction of sp³-hybridized carbons (Fsp3) is 0.452. The number of carbonyl (C=O) groups is 2. The molecule has 42 heavy (non-hydrogen) atoms. The van der Waals surface area contributed by atoms with Gasteiger partial charge >= 0.3 is 6.09 Å². The predicted octanol–water partition coefficient (Wildman–Crippen LogP) is 6.06. The zero-order chi connectivity index (χ0) is 30.3. The van der Waals surface area contributed by atoms with Crippen LogP contribution in [-0.2, 0) is 4.74 Å². The van der Waals surface area contributed by atoms with Gasteiger partial charge in [-0.3, -0.25) is 4.79 Å². The molecule has 1 aliphatic rings. The number of aromatic nitrogens is 3. The highest BCUT2D eigenvalue weighted by Crippen LogP contribution is 2.35. The van der Waals surface area contributed by atoms with E-state index in [0.717, 1.165) is 42.7 Å². The molecule has 0 bridgehead atoms. The van der Waals surface area contributed by atoms with Crippen molar-refractivity contribution in [2.24, 2.45) is 0 Å². The standard InChI is InChI=1S/C31H39FN6O4/c1-8-38(30(40)42-31(4,5)6)20-11-13-36(14-12-20)24-10-9-21(26-22(24)15-18(2)33-26)29(39)35-23-17-37-16-19(3)34-28(37)25(32)27(23)41-7/h9-10,15-17,20,33H,8,11-14H2,1-7H3,(H,35,39). The maximum Gasteiger partial charge on any atom is 0.410 e. The predicted molar refractivity (Wildman–Crippen MR) is 161 cm³/mol. The number of imidazole rings is 1. The van der Waals surface area contributed by atoms with Gasteiger partial charge in [-0.05, 0) is 72.6 Å². The summed E-state index contributed by atoms with van der Waals surface area (Å²) in [6.45, 7) is 13.4. The number of carbonyl (C=O) groups excluding carboxylic acids is 2. The van der Waals surface area contributed by atoms with Crippen LogP contribution in [0.4, 0.5) is 20.6 Å². The van der Waals surface area contributed by atoms with Crippen molar-refractivity contribution in [2.75, 3.05) is 37.0 Å². The van der Waals surface area contributed by atoms with Crippen molar-refractivity contribution in [3.63, 3.8) is 0 Å². The van der Waals surface area contributed by atoms with Crippen molar-refractivity contribution in [2.45, 2.75) is 66.0 Å². The number of anilines is 2. The van der Waals surface area contributed by atoms with E-state index in [9.17, 15) is 9.59 Å². The minimum absolute atomic E-state index is 0.0765. The van der Waals surface area contributed by atoms with E-state index in [0.29, 0.717) is 23.3 Å². The Balaban J connectivity index is 1.38. The van der Waals surface area contributed by atoms with Gasteiger partial charge in [-0.15, -0.1) is 0 Å². The lowest BCUT2D eigenvalue weighted by molar-refractivity contribution is 0.0149. The second-order valence-electron chi connectivity index (χ2n) is 11.8. The monoisotopic (exact) mass is 578 g/mol. The lowest BCUT2D eigenvalue weighted by Gasteiger charge is -2.39. The molecule has 0 aliphatic carbocycles. The Morgan fingerprint density at radius 3 is 2.55 bits per heavy atom. The first-order valence-corrected chi connectivity index (χ1v) is 14.3. The molecule has 0 spiro atoms. The van der Waals surface area contributed by atoms with E-state index in [1.54, 1.807) is 25.4 Å². The fourth-order valence-electron chi connectivity index (χ4n) is 5.75. The number of ether oxygens (including phenoxy) is 2. The lowest BCUT2D eigenvalue weighted by Crippen LogP contribution is -2.48. The largest absolute Gasteiger partial charge is 0.491 e. The molecule has 10 nitrogen and oxygen atoms in total. The molecular formula is C31H39FN6O4. The Hall–Kier alpha value is -4.28. The quantitative estimate of drug-likeness (QED) is 0.288. The summed E-state index contributed by atoms with van der Waals surface area (Å²) in [4.78, 5) is 38.0. The first-order valence-electron chi connectivity index (χ1n) is 14.3. The number of rotatable bonds is 6. The molecule has 1 aliphatic heterocycles. The Labute approximate surface area is 244 Å². The number of aryl methyl sites for hydroxylation is 2. The van der Waals surface area contributed by atoms with E-state index in [2.05, 4.69) is 20.2 Å². The van der Waals surface area contributed by atoms with Crippen LogP contribution >= 0.6 is 0 Å². The number of nitrogens with zero attached hydrogens (tertiary/aromatic N) is 4. The first kappa shape index (κ1) is 29.2. The van der Waals surface area contributed by atoms with Crippen molar-refractivity contribution in [3.05, 3.63) is 53.4 Å². The number of hydrogen-bond acceptors (Lipinski definition) is 6. The summed E-state index contributed by atoms with van der Waals surface area (Å²) in [6.07, 6.45) is 4.62. The summed E-state index contributed by atoms with van der Waals surface area (Å²) in [5.41, 5.74) is 3.52. The molecule has 11 heteroatoms. The van der Waals surface area contributed by atoms with Crippen LogP contribution in [0.1, 0.15) is 62.3 Å². The smallest absolute Gasteiger partial charge is 0.410 e. The van der Waals surface area contributed by atoms with Gasteiger partial charge in [0.2, 0.25) is 5.82 Å². The van der Waals surface area contributed by atoms with Gasteiger partial charge in [0.25, 0.3) is 5.91 Å². The first-order chi connectivity index (χ1) is 19.9. The molecule has 0 atom stereocenters. The summed E-state index contributed by atoms with van der Waals surface area (Å²) in [5, 5.41) is 3.76. The minimum Gasteiger partial charge on any atom is -0.491 e. The molecule has 1 fully saturated rings. The van der Waals surface area contributed by atoms with Crippen LogP contribution in [0.25, 0.3) is 16.6 Å². The number of benzene rings is 1. The zero-order valence-corrected chi connectivity index (χ0v) is 25.3. The summed E-state index contributed by atoms with van der Waals surface area (Å²) in [7, 11) is 1.36. The summed E-state index contributed by atoms with van der Waals surface area (Å²) in [5.74, 6) is -1.11. The molecule has 1 saturated heterocycles. The second-order valence-corrected chi connectivity index (χ2v) is 11.8. The average Bonchev–Trinajstić information content (AvgIpc) is 3.49. The van der Waals surface area contributed by atoms with Crippen LogP contribution in [0.5, 0.6) is 5.75 Å². The molecule has 2 N–H and O–H groups in total. The summed E-state index contributed by atoms with van der Waals surface area (Å²) in [6, 6.07) is 5.88. The van der Waals surface area contributed by atoms with Crippen molar-refractivity contribution < 1.29 is 23.5 Å². The van der Waals surface area contributed by atoms with Crippen LogP contribution < -0.4 is 15.0 Å². The van der Waals surface area contributed by atoms with Crippen LogP contribution in [0, 0.1) is 19.7 Å². The fourth-order valence-corrected chi connectivity index (χ4v) is 5.75. The number of hydrogen-bond donors (Lipinski definition) is 2. The molecular weight excluding hydrogens is 539 g/mol. The lowest BCUT2D eigenvalue weighted by atomic mass is 10.0. The van der Waals surface area contributed by atoms with Crippen LogP contribution in [0.15, 0.2) is 30.6 Å². The van der Waals surface area contributed by atoms with Gasteiger partial charge in [0, 0.05) is 54.8 Å². The molecule has 224 valence electrons. The van der Waals surface area contributed by atoms with Gasteiger partial charge in [0.1, 0.15) is 11.3 Å². The van der Waals surface area contributed by atoms with Crippen LogP contribution in [0.2, 0.25) is 0 Å². The normalized spacial score (nSPS) is 14.4. The number of nitrogens with one attached hydrogen (secondary N) is 2. The van der Waals surface area contributed by atoms with Crippen molar-refractivity contribution in [3.8, 4) is 5.75 Å². The number of amides is 2. The molecule has 1 aromatic carbocycles. The van der Waals surface area contributed by atoms with Gasteiger partial charge in [-0.2, -0.15) is 4.39 Å². The Morgan fingerprint density at radius 1 is 1.19 bits per heavy atom. The van der Waals surface area contributed by atoms with E-state index >= 15 is 4.39 Å². The minimum atomic E-state index is -0.642. The van der Waals surface area contributed by atoms with Gasteiger partial charge in [0.15, 0.2) is 11.4 Å². The topological polar surface area (TPSA) is 104 Å². The van der Waals surface area contributed by atoms with Gasteiger partial charge in [-0.1, -0.05) is 0 Å². The molecule has 3 aromatic heterocycles. The number of methoxy groups -OCH3 is 1. The summed E-state index contributed by atoms with van der Waals surface area (Å²) < 4.78 is 27.6. The third-order valence-electron chi connectivity index (χ3n) is 7.58. The van der Waals surface area contributed by atoms with Crippen LogP contribution in [-0.4, -0.2) is 69.7 Å². The number of pyridine rings is 1. The highest BCUT2D eigenvalue weighted by atomic mass is 19.1. The van der Waals surface area contributed by atoms with E-state index in [1.165, 1.54) is 11.5 Å². The highest BCUT2D eigenvalue weighted by Gasteiger charge is 2.31. The average molecular weight is 579 g/mol. The molecule has 0 unspecified atom stereocenters. The highest BCUT2D eigenvalue weighted by molar-refractivity contribution is 6.14. The number of H-pyrrole nitrogens is 1. The maximum absolute atomic E-state index is 15.1. The van der Waals surface area contributed by atoms with E-state index < -0.39 is 17.3 Å². The van der Waals surface area contributed by atoms with E-state index in [1.807, 2.05) is 51.7 Å². The Bertz CT molecular complexity index is 1640. The molecule has 4 heterocycles. The Morgan fingerprint density at radius 2 is 1.90 bits per heavy atom. The van der Waals surface area contributed by atoms with Crippen LogP contribution in [0.3, 0.4) is 0 Å². The zero-order valence-electron chi connectivity index (χ0n) is 25.3. The van der Waals surface area contributed by atoms with E-state index in [4.69, 9.17) is 9.47 Å². The molecule has 5 rings (SSSR count). The van der Waals surface area contributed by atoms with Gasteiger partial charge < -0.3 is 34.0 Å². The van der Waals surface area contributed by atoms with Crippen molar-refractivity contribution >= 4 is 39.9 Å². The SMILES string of the molecule is CCN(C(=O)OC(C)(C)C)C1CCN(c2ccc(C(=O)Nc3cn4cc(C)nc4c(F)c3OC)c3[nH]c(C)cc23)CC1. The number of halogens is 1. The maximum atomic E-state index is 15.1. The number of piperidine rings is 1. The molecule has 0 radical (unpaired) electrons. The third-order valence-corrected chi connectivity index (χ3v) is 7.58. The van der Waals surface area contributed by atoms with Gasteiger partial charge in [-0.25, -0.2) is 9.78 Å². The molecule has 0 saturated carbocycles. The number of fused-ring (bicyclic) bond motifs is 2. The molecule has 4 aromatic rings. The van der Waals surface area contributed by atoms with E-state index in [-0.39, 0.29) is 29.2 Å². The van der Waals surface area contributed by atoms with Crippen molar-refractivity contribution in [1.29, 1.82) is 0 Å². The summed E-state index contributed by atoms with van der Waals surface area (Å²) >= 11 is 0. The Kier molecular flexibility index (Phi) is 7.78. The second kappa shape index (κ2) is 11.2. The third kappa shape index (κ3) is 5.60.